The molecule has 6 nitrogen and oxygen atoms in total. The first-order valence-corrected chi connectivity index (χ1v) is 9.27. The Morgan fingerprint density at radius 2 is 2.07 bits per heavy atom. The van der Waals surface area contributed by atoms with Gasteiger partial charge in [-0.15, -0.1) is 0 Å². The Kier molecular flexibility index (Phi) is 6.81. The zero-order chi connectivity index (χ0) is 19.8. The van der Waals surface area contributed by atoms with Gasteiger partial charge in [-0.3, -0.25) is 9.59 Å². The predicted octanol–water partition coefficient (Wildman–Crippen LogP) is 3.26. The maximum absolute atomic E-state index is 12.5. The second-order valence-corrected chi connectivity index (χ2v) is 6.49. The molecule has 1 aliphatic heterocycles. The molecule has 2 N–H and O–H groups in total. The second kappa shape index (κ2) is 9.71. The molecule has 1 aliphatic rings. The van der Waals surface area contributed by atoms with Crippen LogP contribution < -0.4 is 15.4 Å². The third kappa shape index (κ3) is 5.44. The normalized spacial score (nSPS) is 16.1. The van der Waals surface area contributed by atoms with E-state index in [-0.39, 0.29) is 17.9 Å². The van der Waals surface area contributed by atoms with Gasteiger partial charge in [0, 0.05) is 19.2 Å². The predicted molar refractivity (Wildman–Crippen MR) is 108 cm³/mol. The Hall–Kier alpha value is -3.12. The summed E-state index contributed by atoms with van der Waals surface area (Å²) in [6, 6.07) is 14.3. The Labute approximate surface area is 164 Å². The van der Waals surface area contributed by atoms with Gasteiger partial charge in [-0.05, 0) is 48.7 Å². The van der Waals surface area contributed by atoms with Crippen molar-refractivity contribution in [1.29, 1.82) is 0 Å². The van der Waals surface area contributed by atoms with Crippen molar-refractivity contribution in [3.63, 3.8) is 0 Å². The Bertz CT molecular complexity index is 857. The van der Waals surface area contributed by atoms with Crippen LogP contribution in [0.15, 0.2) is 54.6 Å². The van der Waals surface area contributed by atoms with E-state index in [1.54, 1.807) is 37.5 Å². The number of rotatable bonds is 7. The molecule has 2 aromatic rings. The smallest absolute Gasteiger partial charge is 0.253 e. The van der Waals surface area contributed by atoms with Crippen LogP contribution in [0.1, 0.15) is 28.8 Å². The highest BCUT2D eigenvalue weighted by molar-refractivity contribution is 6.07. The monoisotopic (exact) mass is 380 g/mol. The molecule has 0 radical (unpaired) electrons. The van der Waals surface area contributed by atoms with E-state index in [1.165, 1.54) is 6.08 Å². The largest absolute Gasteiger partial charge is 0.497 e. The summed E-state index contributed by atoms with van der Waals surface area (Å²) < 4.78 is 10.7. The fourth-order valence-electron chi connectivity index (χ4n) is 2.99. The average Bonchev–Trinajstić information content (AvgIpc) is 3.25. The molecule has 2 aromatic carbocycles. The fourth-order valence-corrected chi connectivity index (χ4v) is 2.99. The number of carbonyl (C=O) groups is 2. The molecule has 146 valence electrons. The zero-order valence-electron chi connectivity index (χ0n) is 15.8. The summed E-state index contributed by atoms with van der Waals surface area (Å²) in [5, 5.41) is 5.65. The summed E-state index contributed by atoms with van der Waals surface area (Å²) >= 11 is 0. The number of hydrogen-bond donors (Lipinski definition) is 2. The number of benzene rings is 2. The van der Waals surface area contributed by atoms with E-state index >= 15 is 0 Å². The summed E-state index contributed by atoms with van der Waals surface area (Å²) in [4.78, 5) is 24.8. The van der Waals surface area contributed by atoms with Gasteiger partial charge in [0.2, 0.25) is 5.91 Å². The van der Waals surface area contributed by atoms with Gasteiger partial charge in [0.1, 0.15) is 5.75 Å². The lowest BCUT2D eigenvalue weighted by Crippen LogP contribution is -2.32. The molecule has 6 heteroatoms. The summed E-state index contributed by atoms with van der Waals surface area (Å²) in [5.41, 5.74) is 1.73. The van der Waals surface area contributed by atoms with Gasteiger partial charge in [0.15, 0.2) is 0 Å². The van der Waals surface area contributed by atoms with E-state index in [1.807, 2.05) is 24.3 Å². The maximum atomic E-state index is 12.5. The number of hydrogen-bond acceptors (Lipinski definition) is 4. The molecule has 28 heavy (non-hydrogen) atoms. The van der Waals surface area contributed by atoms with Gasteiger partial charge < -0.3 is 20.1 Å². The van der Waals surface area contributed by atoms with E-state index in [0.29, 0.717) is 17.8 Å². The molecule has 2 amide bonds. The molecular formula is C22H24N2O4. The number of nitrogens with one attached hydrogen (secondary N) is 2. The first kappa shape index (κ1) is 19.6. The SMILES string of the molecule is COc1cccc(/C=C/C(=O)Nc2ccccc2C(=O)NC[C@H]2CCCO2)c1. The van der Waals surface area contributed by atoms with Gasteiger partial charge in [-0.1, -0.05) is 24.3 Å². The van der Waals surface area contributed by atoms with Crippen molar-refractivity contribution in [2.75, 3.05) is 25.6 Å². The van der Waals surface area contributed by atoms with Crippen LogP contribution >= 0.6 is 0 Å². The van der Waals surface area contributed by atoms with Crippen molar-refractivity contribution in [1.82, 2.24) is 5.32 Å². The van der Waals surface area contributed by atoms with Gasteiger partial charge in [-0.2, -0.15) is 0 Å². The lowest BCUT2D eigenvalue weighted by atomic mass is 10.1. The van der Waals surface area contributed by atoms with Crippen molar-refractivity contribution < 1.29 is 19.1 Å². The standard InChI is InChI=1S/C22H24N2O4/c1-27-17-7-4-6-16(14-17)11-12-21(25)24-20-10-3-2-9-19(20)22(26)23-15-18-8-5-13-28-18/h2-4,6-7,9-12,14,18H,5,8,13,15H2,1H3,(H,23,26)(H,24,25)/b12-11+/t18-/m1/s1. The van der Waals surface area contributed by atoms with Crippen LogP contribution in [0.2, 0.25) is 0 Å². The molecule has 1 atom stereocenters. The fraction of sp³-hybridized carbons (Fsp3) is 0.273. The lowest BCUT2D eigenvalue weighted by molar-refractivity contribution is -0.111. The van der Waals surface area contributed by atoms with Crippen molar-refractivity contribution in [2.45, 2.75) is 18.9 Å². The number of anilines is 1. The average molecular weight is 380 g/mol. The van der Waals surface area contributed by atoms with Gasteiger partial charge in [-0.25, -0.2) is 0 Å². The van der Waals surface area contributed by atoms with Crippen LogP contribution in [0.25, 0.3) is 6.08 Å². The minimum Gasteiger partial charge on any atom is -0.497 e. The third-order valence-corrected chi connectivity index (χ3v) is 4.46. The van der Waals surface area contributed by atoms with Gasteiger partial charge >= 0.3 is 0 Å². The molecule has 0 aromatic heterocycles. The molecule has 0 spiro atoms. The lowest BCUT2D eigenvalue weighted by Gasteiger charge is -2.13. The number of ether oxygens (including phenoxy) is 2. The zero-order valence-corrected chi connectivity index (χ0v) is 15.8. The molecule has 1 fully saturated rings. The van der Waals surface area contributed by atoms with Gasteiger partial charge in [0.05, 0.1) is 24.5 Å². The molecule has 0 aliphatic carbocycles. The first-order valence-electron chi connectivity index (χ1n) is 9.27. The first-order chi connectivity index (χ1) is 13.7. The second-order valence-electron chi connectivity index (χ2n) is 6.49. The molecule has 3 rings (SSSR count). The maximum Gasteiger partial charge on any atom is 0.253 e. The van der Waals surface area contributed by atoms with Crippen molar-refractivity contribution in [3.05, 3.63) is 65.7 Å². The molecule has 0 bridgehead atoms. The Balaban J connectivity index is 1.62. The van der Waals surface area contributed by atoms with Crippen LogP contribution in [0, 0.1) is 0 Å². The topological polar surface area (TPSA) is 76.7 Å². The van der Waals surface area contributed by atoms with E-state index in [4.69, 9.17) is 9.47 Å². The minimum atomic E-state index is -0.317. The number of carbonyl (C=O) groups excluding carboxylic acids is 2. The molecule has 1 heterocycles. The number of para-hydroxylation sites is 1. The molecule has 1 saturated heterocycles. The van der Waals surface area contributed by atoms with E-state index in [2.05, 4.69) is 10.6 Å². The number of methoxy groups -OCH3 is 1. The third-order valence-electron chi connectivity index (χ3n) is 4.46. The summed E-state index contributed by atoms with van der Waals surface area (Å²) in [6.45, 7) is 1.21. The summed E-state index contributed by atoms with van der Waals surface area (Å²) in [6.07, 6.45) is 5.16. The van der Waals surface area contributed by atoms with E-state index < -0.39 is 0 Å². The highest BCUT2D eigenvalue weighted by atomic mass is 16.5. The molecule has 0 unspecified atom stereocenters. The summed E-state index contributed by atoms with van der Waals surface area (Å²) in [5.74, 6) is 0.168. The number of amides is 2. The van der Waals surface area contributed by atoms with Crippen molar-refractivity contribution in [3.8, 4) is 5.75 Å². The van der Waals surface area contributed by atoms with Crippen LogP contribution in [-0.2, 0) is 9.53 Å². The van der Waals surface area contributed by atoms with Crippen LogP contribution in [0.5, 0.6) is 5.75 Å². The van der Waals surface area contributed by atoms with Crippen LogP contribution in [0.4, 0.5) is 5.69 Å². The van der Waals surface area contributed by atoms with Crippen LogP contribution in [-0.4, -0.2) is 38.2 Å². The quantitative estimate of drug-likeness (QED) is 0.723. The van der Waals surface area contributed by atoms with E-state index in [0.717, 1.165) is 30.8 Å². The minimum absolute atomic E-state index is 0.0662. The van der Waals surface area contributed by atoms with E-state index in [9.17, 15) is 9.59 Å². The van der Waals surface area contributed by atoms with Crippen molar-refractivity contribution in [2.24, 2.45) is 0 Å². The summed E-state index contributed by atoms with van der Waals surface area (Å²) in [7, 11) is 1.59. The van der Waals surface area contributed by atoms with Gasteiger partial charge in [0.25, 0.3) is 5.91 Å². The highest BCUT2D eigenvalue weighted by Gasteiger charge is 2.18. The van der Waals surface area contributed by atoms with Crippen molar-refractivity contribution >= 4 is 23.6 Å². The van der Waals surface area contributed by atoms with Crippen LogP contribution in [0.3, 0.4) is 0 Å². The molecule has 0 saturated carbocycles. The Morgan fingerprint density at radius 1 is 1.21 bits per heavy atom. The highest BCUT2D eigenvalue weighted by Crippen LogP contribution is 2.17. The Morgan fingerprint density at radius 3 is 2.86 bits per heavy atom. The molecular weight excluding hydrogens is 356 g/mol.